The van der Waals surface area contributed by atoms with E-state index in [-0.39, 0.29) is 24.5 Å². The fourth-order valence-electron chi connectivity index (χ4n) is 7.62. The minimum Gasteiger partial charge on any atom is -0.497 e. The number of thiocarbonyl (C=S) groups is 1. The van der Waals surface area contributed by atoms with Gasteiger partial charge in [-0.25, -0.2) is 0 Å². The van der Waals surface area contributed by atoms with Crippen molar-refractivity contribution in [3.05, 3.63) is 40.5 Å². The number of nitrogens with zero attached hydrogens (tertiary/aromatic N) is 1. The van der Waals surface area contributed by atoms with Gasteiger partial charge in [-0.1, -0.05) is 24.0 Å². The zero-order valence-electron chi connectivity index (χ0n) is 24.2. The van der Waals surface area contributed by atoms with Gasteiger partial charge in [0.2, 0.25) is 0 Å². The van der Waals surface area contributed by atoms with E-state index in [1.54, 1.807) is 20.3 Å². The lowest BCUT2D eigenvalue weighted by Gasteiger charge is -2.56. The highest BCUT2D eigenvalue weighted by atomic mass is 32.2. The zero-order valence-corrected chi connectivity index (χ0v) is 25.8. The van der Waals surface area contributed by atoms with Gasteiger partial charge >= 0.3 is 12.1 Å². The molecule has 4 bridgehead atoms. The summed E-state index contributed by atoms with van der Waals surface area (Å²) in [5.41, 5.74) is 1.73. The number of furan rings is 1. The van der Waals surface area contributed by atoms with Crippen molar-refractivity contribution in [2.75, 3.05) is 14.2 Å². The van der Waals surface area contributed by atoms with E-state index in [9.17, 15) is 9.59 Å². The SMILES string of the molecule is COc1cc(OC)cc(-c2cc(CCCCC(=O)O)c(/C=C3\SC(=S)N(C4C5CC6CC(C5)CC4C6)C3=O)o2)c1.O=C=O. The number of unbranched alkanes of at least 4 members (excludes halogenated alkanes) is 1. The van der Waals surface area contributed by atoms with E-state index in [2.05, 4.69) is 0 Å². The predicted molar refractivity (Wildman–Crippen MR) is 163 cm³/mol. The topological polar surface area (TPSA) is 123 Å². The Morgan fingerprint density at radius 1 is 1.05 bits per heavy atom. The van der Waals surface area contributed by atoms with Crippen LogP contribution in [0.4, 0.5) is 0 Å². The zero-order chi connectivity index (χ0) is 30.7. The average molecular weight is 626 g/mol. The van der Waals surface area contributed by atoms with Crippen LogP contribution in [-0.2, 0) is 25.6 Å². The molecular weight excluding hydrogens is 590 g/mol. The van der Waals surface area contributed by atoms with Crippen LogP contribution < -0.4 is 9.47 Å². The number of benzene rings is 1. The molecule has 1 amide bonds. The summed E-state index contributed by atoms with van der Waals surface area (Å²) in [6, 6.07) is 7.75. The molecule has 1 aromatic heterocycles. The lowest BCUT2D eigenvalue weighted by molar-refractivity contribution is -0.191. The van der Waals surface area contributed by atoms with Crippen LogP contribution in [0, 0.1) is 23.7 Å². The first-order chi connectivity index (χ1) is 20.7. The Morgan fingerprint density at radius 2 is 1.65 bits per heavy atom. The van der Waals surface area contributed by atoms with Gasteiger partial charge in [0.05, 0.1) is 19.1 Å². The van der Waals surface area contributed by atoms with Crippen molar-refractivity contribution in [3.8, 4) is 22.8 Å². The Labute approximate surface area is 260 Å². The van der Waals surface area contributed by atoms with Crippen molar-refractivity contribution in [1.29, 1.82) is 0 Å². The summed E-state index contributed by atoms with van der Waals surface area (Å²) in [4.78, 5) is 43.6. The molecule has 5 fully saturated rings. The molecule has 1 aromatic carbocycles. The van der Waals surface area contributed by atoms with E-state index < -0.39 is 5.97 Å². The van der Waals surface area contributed by atoms with Gasteiger partial charge in [-0.2, -0.15) is 9.59 Å². The Balaban J connectivity index is 0.00000118. The van der Waals surface area contributed by atoms with Crippen LogP contribution in [0.3, 0.4) is 0 Å². The van der Waals surface area contributed by atoms with E-state index in [1.807, 2.05) is 29.2 Å². The maximum Gasteiger partial charge on any atom is 0.373 e. The smallest absolute Gasteiger partial charge is 0.373 e. The molecule has 5 aliphatic rings. The Hall–Kier alpha value is -3.40. The van der Waals surface area contributed by atoms with Crippen molar-refractivity contribution in [1.82, 2.24) is 4.90 Å². The number of aliphatic carboxylic acids is 1. The maximum absolute atomic E-state index is 13.8. The molecule has 0 spiro atoms. The standard InChI is InChI=1S/C31H35NO6S2.CO2/c1-36-23-12-20(13-24(15-23)37-2)25-14-19(5-3-4-6-28(33)34)26(38-25)16-27-30(35)32(31(39)40-27)29-21-8-17-7-18(10-21)11-22(29)9-17;2-1-3/h12-18,21-22,29H,3-11H2,1-2H3,(H,33,34);/b27-16-;. The molecule has 0 radical (unpaired) electrons. The molecule has 2 heterocycles. The molecule has 2 aromatic rings. The largest absolute Gasteiger partial charge is 0.497 e. The summed E-state index contributed by atoms with van der Waals surface area (Å²) in [7, 11) is 3.21. The molecule has 0 atom stereocenters. The van der Waals surface area contributed by atoms with Gasteiger partial charge in [-0.05, 0) is 98.8 Å². The molecule has 1 aliphatic heterocycles. The summed E-state index contributed by atoms with van der Waals surface area (Å²) >= 11 is 7.17. The van der Waals surface area contributed by atoms with E-state index in [0.717, 1.165) is 23.0 Å². The number of rotatable bonds is 10. The second-order valence-electron chi connectivity index (χ2n) is 11.8. The summed E-state index contributed by atoms with van der Waals surface area (Å²) in [6.07, 6.45) is 10.4. The summed E-state index contributed by atoms with van der Waals surface area (Å²) < 4.78 is 17.9. The van der Waals surface area contributed by atoms with Crippen LogP contribution in [0.5, 0.6) is 11.5 Å². The summed E-state index contributed by atoms with van der Waals surface area (Å²) in [5.74, 6) is 4.49. The molecule has 4 saturated carbocycles. The molecule has 1 saturated heterocycles. The van der Waals surface area contributed by atoms with Crippen molar-refractivity contribution < 1.29 is 38.2 Å². The molecule has 0 unspecified atom stereocenters. The van der Waals surface area contributed by atoms with Gasteiger partial charge in [-0.3, -0.25) is 14.5 Å². The van der Waals surface area contributed by atoms with Gasteiger partial charge < -0.3 is 19.0 Å². The van der Waals surface area contributed by atoms with Crippen LogP contribution in [0.25, 0.3) is 17.4 Å². The third kappa shape index (κ3) is 6.74. The third-order valence-electron chi connectivity index (χ3n) is 9.13. The minimum absolute atomic E-state index is 0.00898. The van der Waals surface area contributed by atoms with Crippen molar-refractivity contribution in [3.63, 3.8) is 0 Å². The van der Waals surface area contributed by atoms with Crippen molar-refractivity contribution in [2.45, 2.75) is 63.8 Å². The maximum atomic E-state index is 13.8. The first-order valence-electron chi connectivity index (χ1n) is 14.6. The van der Waals surface area contributed by atoms with Gasteiger partial charge in [0, 0.05) is 30.2 Å². The van der Waals surface area contributed by atoms with E-state index in [0.29, 0.717) is 63.3 Å². The van der Waals surface area contributed by atoms with Crippen LogP contribution in [-0.4, -0.2) is 52.6 Å². The number of thioether (sulfide) groups is 1. The summed E-state index contributed by atoms with van der Waals surface area (Å²) in [6.45, 7) is 0. The number of aryl methyl sites for hydroxylation is 1. The summed E-state index contributed by atoms with van der Waals surface area (Å²) in [5, 5.41) is 9.06. The normalized spacial score (nSPS) is 26.3. The quantitative estimate of drug-likeness (QED) is 0.185. The number of carboxylic acids is 1. The fraction of sp³-hybridized carbons (Fsp3) is 0.500. The number of carboxylic acid groups (broad SMARTS) is 1. The van der Waals surface area contributed by atoms with Crippen molar-refractivity contribution in [2.24, 2.45) is 23.7 Å². The molecule has 4 aliphatic carbocycles. The second kappa shape index (κ2) is 13.5. The van der Waals surface area contributed by atoms with Gasteiger partial charge in [-0.15, -0.1) is 0 Å². The van der Waals surface area contributed by atoms with Crippen LogP contribution in [0.15, 0.2) is 33.6 Å². The van der Waals surface area contributed by atoms with E-state index in [1.165, 1.54) is 43.9 Å². The molecular formula is C32H35NO8S2. The third-order valence-corrected chi connectivity index (χ3v) is 10.5. The van der Waals surface area contributed by atoms with Crippen LogP contribution in [0.2, 0.25) is 0 Å². The molecule has 1 N–H and O–H groups in total. The Morgan fingerprint density at radius 3 is 2.21 bits per heavy atom. The predicted octanol–water partition coefficient (Wildman–Crippen LogP) is 6.20. The Kier molecular flexibility index (Phi) is 9.74. The highest BCUT2D eigenvalue weighted by Crippen LogP contribution is 2.56. The number of ether oxygens (including phenoxy) is 2. The van der Waals surface area contributed by atoms with Crippen LogP contribution in [0.1, 0.15) is 62.7 Å². The lowest BCUT2D eigenvalue weighted by atomic mass is 9.54. The second-order valence-corrected chi connectivity index (χ2v) is 13.4. The minimum atomic E-state index is -0.801. The van der Waals surface area contributed by atoms with Gasteiger partial charge in [0.25, 0.3) is 5.91 Å². The van der Waals surface area contributed by atoms with Crippen molar-refractivity contribution >= 4 is 52.4 Å². The number of hydrogen-bond donors (Lipinski definition) is 1. The molecule has 7 rings (SSSR count). The fourth-order valence-corrected chi connectivity index (χ4v) is 8.93. The van der Waals surface area contributed by atoms with Gasteiger partial charge in [0.1, 0.15) is 27.3 Å². The highest BCUT2D eigenvalue weighted by molar-refractivity contribution is 8.26. The Bertz CT molecular complexity index is 1410. The molecule has 11 heteroatoms. The van der Waals surface area contributed by atoms with E-state index in [4.69, 9.17) is 40.8 Å². The number of carbonyl (C=O) groups is 2. The molecule has 9 nitrogen and oxygen atoms in total. The average Bonchev–Trinajstić information content (AvgIpc) is 3.50. The molecule has 228 valence electrons. The van der Waals surface area contributed by atoms with Gasteiger partial charge in [0.15, 0.2) is 0 Å². The number of hydrogen-bond acceptors (Lipinski definition) is 9. The van der Waals surface area contributed by atoms with Crippen LogP contribution >= 0.6 is 24.0 Å². The lowest BCUT2D eigenvalue weighted by Crippen LogP contribution is -2.57. The first-order valence-corrected chi connectivity index (χ1v) is 15.8. The highest BCUT2D eigenvalue weighted by Gasteiger charge is 2.53. The number of amides is 1. The number of methoxy groups -OCH3 is 2. The molecule has 43 heavy (non-hydrogen) atoms. The van der Waals surface area contributed by atoms with E-state index >= 15 is 0 Å². The first kappa shape index (κ1) is 31.0. The number of carbonyl (C=O) groups excluding carboxylic acids is 3. The monoisotopic (exact) mass is 625 g/mol.